The topological polar surface area (TPSA) is 78.4 Å². The van der Waals surface area contributed by atoms with Crippen LogP contribution in [0.5, 0.6) is 11.5 Å². The molecule has 0 heterocycles. The Bertz CT molecular complexity index is 644. The summed E-state index contributed by atoms with van der Waals surface area (Å²) in [4.78, 5) is 10.4. The van der Waals surface area contributed by atoms with Crippen LogP contribution in [0.1, 0.15) is 18.5 Å². The van der Waals surface area contributed by atoms with E-state index < -0.39 is 4.92 Å². The molecule has 104 valence electrons. The summed E-state index contributed by atoms with van der Waals surface area (Å²) in [5.41, 5.74) is 6.69. The number of nitrogens with zero attached hydrogens (tertiary/aromatic N) is 1. The molecule has 0 aliphatic carbocycles. The molecular weight excluding hydrogens is 324 g/mol. The average Bonchev–Trinajstić information content (AvgIpc) is 2.38. The number of nitrogens with two attached hydrogens (primary N) is 1. The van der Waals surface area contributed by atoms with E-state index >= 15 is 0 Å². The highest BCUT2D eigenvalue weighted by atomic mass is 79.9. The van der Waals surface area contributed by atoms with E-state index in [0.29, 0.717) is 16.0 Å². The van der Waals surface area contributed by atoms with Gasteiger partial charge < -0.3 is 10.5 Å². The van der Waals surface area contributed by atoms with Crippen LogP contribution in [0.2, 0.25) is 0 Å². The smallest absolute Gasteiger partial charge is 0.274 e. The summed E-state index contributed by atoms with van der Waals surface area (Å²) < 4.78 is 6.31. The van der Waals surface area contributed by atoms with Crippen molar-refractivity contribution in [2.45, 2.75) is 13.0 Å². The second kappa shape index (κ2) is 6.02. The Morgan fingerprint density at radius 2 is 2.00 bits per heavy atom. The molecule has 0 bridgehead atoms. The fourth-order valence-corrected chi connectivity index (χ4v) is 2.25. The van der Waals surface area contributed by atoms with Crippen molar-refractivity contribution in [2.75, 3.05) is 0 Å². The fraction of sp³-hybridized carbons (Fsp3) is 0.143. The monoisotopic (exact) mass is 336 g/mol. The molecule has 0 saturated carbocycles. The van der Waals surface area contributed by atoms with Gasteiger partial charge in [0.05, 0.1) is 11.0 Å². The molecule has 1 atom stereocenters. The predicted molar refractivity (Wildman–Crippen MR) is 79.9 cm³/mol. The Balaban J connectivity index is 2.37. The number of benzene rings is 2. The zero-order valence-corrected chi connectivity index (χ0v) is 12.3. The first-order valence-electron chi connectivity index (χ1n) is 5.94. The summed E-state index contributed by atoms with van der Waals surface area (Å²) in [7, 11) is 0. The Hall–Kier alpha value is -1.92. The summed E-state index contributed by atoms with van der Waals surface area (Å²) in [6, 6.07) is 11.6. The Labute approximate surface area is 124 Å². The van der Waals surface area contributed by atoms with Gasteiger partial charge in [-0.05, 0) is 19.1 Å². The molecule has 20 heavy (non-hydrogen) atoms. The first-order chi connectivity index (χ1) is 9.47. The zero-order valence-electron chi connectivity index (χ0n) is 10.7. The van der Waals surface area contributed by atoms with E-state index in [9.17, 15) is 10.1 Å². The molecule has 0 amide bonds. The molecule has 0 radical (unpaired) electrons. The standard InChI is InChI=1S/C14H13BrN2O3/c1-9(16)13-4-2-3-5-14(13)20-12-7-10(15)6-11(8-12)17(18)19/h2-9H,16H2,1H3/t9-/m0/s1. The first kappa shape index (κ1) is 14.5. The lowest BCUT2D eigenvalue weighted by Crippen LogP contribution is -2.06. The fourth-order valence-electron chi connectivity index (χ4n) is 1.79. The van der Waals surface area contributed by atoms with E-state index in [1.54, 1.807) is 12.1 Å². The average molecular weight is 337 g/mol. The van der Waals surface area contributed by atoms with E-state index in [1.165, 1.54) is 12.1 Å². The molecular formula is C14H13BrN2O3. The zero-order chi connectivity index (χ0) is 14.7. The highest BCUT2D eigenvalue weighted by Crippen LogP contribution is 2.32. The lowest BCUT2D eigenvalue weighted by Gasteiger charge is -2.13. The number of nitro groups is 1. The highest BCUT2D eigenvalue weighted by Gasteiger charge is 2.12. The molecule has 0 aliphatic rings. The van der Waals surface area contributed by atoms with Crippen molar-refractivity contribution < 1.29 is 9.66 Å². The van der Waals surface area contributed by atoms with Gasteiger partial charge >= 0.3 is 0 Å². The van der Waals surface area contributed by atoms with Gasteiger partial charge in [-0.3, -0.25) is 10.1 Å². The van der Waals surface area contributed by atoms with Crippen LogP contribution in [0, 0.1) is 10.1 Å². The van der Waals surface area contributed by atoms with Gasteiger partial charge in [-0.25, -0.2) is 0 Å². The minimum absolute atomic E-state index is 0.0346. The van der Waals surface area contributed by atoms with Crippen LogP contribution in [-0.2, 0) is 0 Å². The Morgan fingerprint density at radius 3 is 2.65 bits per heavy atom. The molecule has 2 rings (SSSR count). The summed E-state index contributed by atoms with van der Waals surface area (Å²) in [5, 5.41) is 10.8. The minimum Gasteiger partial charge on any atom is -0.457 e. The van der Waals surface area contributed by atoms with Gasteiger partial charge in [0.1, 0.15) is 11.5 Å². The van der Waals surface area contributed by atoms with Crippen molar-refractivity contribution >= 4 is 21.6 Å². The van der Waals surface area contributed by atoms with Crippen molar-refractivity contribution in [1.82, 2.24) is 0 Å². The SMILES string of the molecule is C[C@H](N)c1ccccc1Oc1cc(Br)cc([N+](=O)[O-])c1. The Kier molecular flexibility index (Phi) is 4.36. The van der Waals surface area contributed by atoms with E-state index in [4.69, 9.17) is 10.5 Å². The molecule has 0 fully saturated rings. The van der Waals surface area contributed by atoms with Gasteiger partial charge in [-0.2, -0.15) is 0 Å². The Morgan fingerprint density at radius 1 is 1.30 bits per heavy atom. The number of hydrogen-bond acceptors (Lipinski definition) is 4. The normalized spacial score (nSPS) is 11.9. The second-order valence-corrected chi connectivity index (χ2v) is 5.25. The molecule has 0 saturated heterocycles. The van der Waals surface area contributed by atoms with E-state index in [0.717, 1.165) is 5.56 Å². The minimum atomic E-state index is -0.463. The highest BCUT2D eigenvalue weighted by molar-refractivity contribution is 9.10. The maximum absolute atomic E-state index is 10.8. The number of hydrogen-bond donors (Lipinski definition) is 1. The molecule has 2 N–H and O–H groups in total. The summed E-state index contributed by atoms with van der Waals surface area (Å²) in [6.07, 6.45) is 0. The van der Waals surface area contributed by atoms with Gasteiger partial charge in [0.25, 0.3) is 5.69 Å². The van der Waals surface area contributed by atoms with E-state index in [1.807, 2.05) is 25.1 Å². The predicted octanol–water partition coefficient (Wildman–Crippen LogP) is 4.17. The third-order valence-electron chi connectivity index (χ3n) is 2.70. The van der Waals surface area contributed by atoms with Gasteiger partial charge in [0.2, 0.25) is 0 Å². The molecule has 6 heteroatoms. The van der Waals surface area contributed by atoms with Crippen LogP contribution in [-0.4, -0.2) is 4.92 Å². The van der Waals surface area contributed by atoms with Crippen molar-refractivity contribution in [3.05, 3.63) is 62.6 Å². The number of ether oxygens (including phenoxy) is 1. The van der Waals surface area contributed by atoms with Gasteiger partial charge in [-0.1, -0.05) is 34.1 Å². The summed E-state index contributed by atoms with van der Waals surface area (Å²) in [6.45, 7) is 1.85. The van der Waals surface area contributed by atoms with Crippen LogP contribution < -0.4 is 10.5 Å². The number of nitro benzene ring substituents is 1. The number of halogens is 1. The quantitative estimate of drug-likeness (QED) is 0.671. The van der Waals surface area contributed by atoms with Crippen molar-refractivity contribution in [3.63, 3.8) is 0 Å². The maximum atomic E-state index is 10.8. The van der Waals surface area contributed by atoms with Crippen LogP contribution in [0.3, 0.4) is 0 Å². The van der Waals surface area contributed by atoms with Crippen molar-refractivity contribution in [2.24, 2.45) is 5.73 Å². The first-order valence-corrected chi connectivity index (χ1v) is 6.74. The lowest BCUT2D eigenvalue weighted by molar-refractivity contribution is -0.385. The van der Waals surface area contributed by atoms with Crippen LogP contribution in [0.25, 0.3) is 0 Å². The van der Waals surface area contributed by atoms with Crippen molar-refractivity contribution in [3.8, 4) is 11.5 Å². The number of rotatable bonds is 4. The third-order valence-corrected chi connectivity index (χ3v) is 3.16. The summed E-state index contributed by atoms with van der Waals surface area (Å²) >= 11 is 3.23. The van der Waals surface area contributed by atoms with Crippen LogP contribution >= 0.6 is 15.9 Å². The largest absolute Gasteiger partial charge is 0.457 e. The molecule has 0 spiro atoms. The molecule has 0 aromatic heterocycles. The number of para-hydroxylation sites is 1. The van der Waals surface area contributed by atoms with E-state index in [2.05, 4.69) is 15.9 Å². The van der Waals surface area contributed by atoms with Gasteiger partial charge in [0.15, 0.2) is 0 Å². The van der Waals surface area contributed by atoms with Gasteiger partial charge in [0, 0.05) is 22.1 Å². The van der Waals surface area contributed by atoms with E-state index in [-0.39, 0.29) is 11.7 Å². The van der Waals surface area contributed by atoms with Crippen molar-refractivity contribution in [1.29, 1.82) is 0 Å². The summed E-state index contributed by atoms with van der Waals surface area (Å²) in [5.74, 6) is 0.981. The molecule has 2 aromatic carbocycles. The number of non-ortho nitro benzene ring substituents is 1. The third kappa shape index (κ3) is 3.34. The van der Waals surface area contributed by atoms with Crippen LogP contribution in [0.15, 0.2) is 46.9 Å². The van der Waals surface area contributed by atoms with Crippen LogP contribution in [0.4, 0.5) is 5.69 Å². The maximum Gasteiger partial charge on any atom is 0.274 e. The molecule has 0 aliphatic heterocycles. The van der Waals surface area contributed by atoms with Gasteiger partial charge in [-0.15, -0.1) is 0 Å². The molecule has 2 aromatic rings. The molecule has 0 unspecified atom stereocenters. The molecule has 5 nitrogen and oxygen atoms in total. The second-order valence-electron chi connectivity index (χ2n) is 4.33. The lowest BCUT2D eigenvalue weighted by atomic mass is 10.1.